The molecule has 2 heterocycles. The molecule has 0 amide bonds. The lowest BCUT2D eigenvalue weighted by atomic mass is 10.1. The van der Waals surface area contributed by atoms with Gasteiger partial charge in [-0.2, -0.15) is 0 Å². The molecule has 1 aromatic carbocycles. The maximum absolute atomic E-state index is 5.47. The fourth-order valence-corrected chi connectivity index (χ4v) is 3.23. The third-order valence-corrected chi connectivity index (χ3v) is 4.50. The topological polar surface area (TPSA) is 27.7 Å². The van der Waals surface area contributed by atoms with Gasteiger partial charge in [0.15, 0.2) is 0 Å². The highest BCUT2D eigenvalue weighted by molar-refractivity contribution is 9.10. The molecule has 2 saturated heterocycles. The summed E-state index contributed by atoms with van der Waals surface area (Å²) in [6.45, 7) is 9.17. The lowest BCUT2D eigenvalue weighted by molar-refractivity contribution is 0.122. The fraction of sp³-hybridized carbons (Fsp3) is 0.600. The van der Waals surface area contributed by atoms with Crippen LogP contribution < -0.4 is 10.2 Å². The van der Waals surface area contributed by atoms with E-state index in [-0.39, 0.29) is 0 Å². The van der Waals surface area contributed by atoms with Crippen molar-refractivity contribution in [2.75, 3.05) is 57.4 Å². The smallest absolute Gasteiger partial charge is 0.0642 e. The number of hydrogen-bond donors (Lipinski definition) is 1. The van der Waals surface area contributed by atoms with E-state index in [4.69, 9.17) is 4.74 Å². The molecule has 1 aromatic rings. The lowest BCUT2D eigenvalue weighted by Crippen LogP contribution is -2.43. The van der Waals surface area contributed by atoms with Gasteiger partial charge in [0, 0.05) is 56.0 Å². The molecule has 20 heavy (non-hydrogen) atoms. The second-order valence-electron chi connectivity index (χ2n) is 5.40. The number of piperazine rings is 1. The Morgan fingerprint density at radius 2 is 1.85 bits per heavy atom. The molecule has 0 aromatic heterocycles. The zero-order valence-corrected chi connectivity index (χ0v) is 13.4. The number of anilines is 1. The van der Waals surface area contributed by atoms with Crippen molar-refractivity contribution in [2.24, 2.45) is 0 Å². The normalized spacial score (nSPS) is 21.1. The number of morpholine rings is 1. The van der Waals surface area contributed by atoms with E-state index >= 15 is 0 Å². The van der Waals surface area contributed by atoms with Crippen LogP contribution in [0.25, 0.3) is 0 Å². The third-order valence-electron chi connectivity index (χ3n) is 4.00. The van der Waals surface area contributed by atoms with Gasteiger partial charge in [-0.3, -0.25) is 4.90 Å². The first-order valence-corrected chi connectivity index (χ1v) is 8.16. The summed E-state index contributed by atoms with van der Waals surface area (Å²) >= 11 is 3.61. The van der Waals surface area contributed by atoms with Crippen molar-refractivity contribution in [1.82, 2.24) is 10.2 Å². The lowest BCUT2D eigenvalue weighted by Gasteiger charge is -2.33. The molecular formula is C15H22BrN3O. The Kier molecular flexibility index (Phi) is 4.94. The van der Waals surface area contributed by atoms with E-state index in [1.807, 2.05) is 0 Å². The van der Waals surface area contributed by atoms with Gasteiger partial charge in [0.1, 0.15) is 0 Å². The predicted molar refractivity (Wildman–Crippen MR) is 85.3 cm³/mol. The minimum absolute atomic E-state index is 0.833. The van der Waals surface area contributed by atoms with Gasteiger partial charge >= 0.3 is 0 Å². The molecule has 2 fully saturated rings. The molecule has 0 bridgehead atoms. The van der Waals surface area contributed by atoms with Crippen LogP contribution in [0.4, 0.5) is 5.69 Å². The number of nitrogens with one attached hydrogen (secondary N) is 1. The fourth-order valence-electron chi connectivity index (χ4n) is 2.88. The number of rotatable bonds is 3. The van der Waals surface area contributed by atoms with E-state index in [9.17, 15) is 0 Å². The average Bonchev–Trinajstić information content (AvgIpc) is 2.51. The minimum atomic E-state index is 0.833. The molecule has 0 spiro atoms. The number of halogens is 1. The molecule has 0 atom stereocenters. The first-order chi connectivity index (χ1) is 9.83. The SMILES string of the molecule is Brc1ccc(CN2CCNCC2)c(N2CCOCC2)c1. The van der Waals surface area contributed by atoms with Gasteiger partial charge in [0.25, 0.3) is 0 Å². The molecule has 110 valence electrons. The van der Waals surface area contributed by atoms with Crippen molar-refractivity contribution in [2.45, 2.75) is 6.54 Å². The second-order valence-corrected chi connectivity index (χ2v) is 6.31. The third kappa shape index (κ3) is 3.52. The van der Waals surface area contributed by atoms with Gasteiger partial charge < -0.3 is 15.0 Å². The van der Waals surface area contributed by atoms with E-state index in [0.29, 0.717) is 0 Å². The van der Waals surface area contributed by atoms with Gasteiger partial charge in [0.2, 0.25) is 0 Å². The van der Waals surface area contributed by atoms with E-state index in [1.165, 1.54) is 11.3 Å². The van der Waals surface area contributed by atoms with Crippen molar-refractivity contribution in [3.63, 3.8) is 0 Å². The van der Waals surface area contributed by atoms with Crippen molar-refractivity contribution in [3.05, 3.63) is 28.2 Å². The van der Waals surface area contributed by atoms with Crippen LogP contribution in [0.2, 0.25) is 0 Å². The van der Waals surface area contributed by atoms with Gasteiger partial charge in [0.05, 0.1) is 13.2 Å². The molecule has 1 N–H and O–H groups in total. The molecule has 2 aliphatic rings. The molecule has 0 unspecified atom stereocenters. The maximum Gasteiger partial charge on any atom is 0.0642 e. The van der Waals surface area contributed by atoms with Crippen LogP contribution >= 0.6 is 15.9 Å². The van der Waals surface area contributed by atoms with Crippen molar-refractivity contribution < 1.29 is 4.74 Å². The van der Waals surface area contributed by atoms with Gasteiger partial charge in [-0.25, -0.2) is 0 Å². The van der Waals surface area contributed by atoms with Crippen LogP contribution in [0, 0.1) is 0 Å². The van der Waals surface area contributed by atoms with Crippen molar-refractivity contribution >= 4 is 21.6 Å². The summed E-state index contributed by atoms with van der Waals surface area (Å²) in [7, 11) is 0. The van der Waals surface area contributed by atoms with Crippen molar-refractivity contribution in [3.8, 4) is 0 Å². The molecular weight excluding hydrogens is 318 g/mol. The van der Waals surface area contributed by atoms with E-state index in [0.717, 1.165) is 63.5 Å². The Morgan fingerprint density at radius 1 is 1.10 bits per heavy atom. The summed E-state index contributed by atoms with van der Waals surface area (Å²) in [5, 5.41) is 3.41. The molecule has 5 heteroatoms. The monoisotopic (exact) mass is 339 g/mol. The largest absolute Gasteiger partial charge is 0.378 e. The predicted octanol–water partition coefficient (Wildman–Crippen LogP) is 1.69. The van der Waals surface area contributed by atoms with E-state index in [1.54, 1.807) is 0 Å². The Labute approximate surface area is 129 Å². The van der Waals surface area contributed by atoms with Crippen LogP contribution in [-0.2, 0) is 11.3 Å². The highest BCUT2D eigenvalue weighted by atomic mass is 79.9. The molecule has 4 nitrogen and oxygen atoms in total. The molecule has 3 rings (SSSR count). The summed E-state index contributed by atoms with van der Waals surface area (Å²) in [6.07, 6.45) is 0. The quantitative estimate of drug-likeness (QED) is 0.906. The van der Waals surface area contributed by atoms with Crippen LogP contribution in [0.15, 0.2) is 22.7 Å². The summed E-state index contributed by atoms with van der Waals surface area (Å²) in [5.74, 6) is 0. The second kappa shape index (κ2) is 6.89. The highest BCUT2D eigenvalue weighted by Crippen LogP contribution is 2.27. The average molecular weight is 340 g/mol. The number of ether oxygens (including phenoxy) is 1. The van der Waals surface area contributed by atoms with Crippen LogP contribution in [0.3, 0.4) is 0 Å². The number of nitrogens with zero attached hydrogens (tertiary/aromatic N) is 2. The maximum atomic E-state index is 5.47. The summed E-state index contributed by atoms with van der Waals surface area (Å²) in [4.78, 5) is 4.98. The number of benzene rings is 1. The molecule has 0 saturated carbocycles. The van der Waals surface area contributed by atoms with Gasteiger partial charge in [-0.1, -0.05) is 22.0 Å². The van der Waals surface area contributed by atoms with Crippen LogP contribution in [0.5, 0.6) is 0 Å². The Bertz CT molecular complexity index is 443. The first kappa shape index (κ1) is 14.3. The van der Waals surface area contributed by atoms with Crippen molar-refractivity contribution in [1.29, 1.82) is 0 Å². The standard InChI is InChI=1S/C15H22BrN3O/c16-14-2-1-13(12-18-5-3-17-4-6-18)15(11-14)19-7-9-20-10-8-19/h1-2,11,17H,3-10,12H2. The van der Waals surface area contributed by atoms with Crippen LogP contribution in [-0.4, -0.2) is 57.4 Å². The number of hydrogen-bond acceptors (Lipinski definition) is 4. The highest BCUT2D eigenvalue weighted by Gasteiger charge is 2.17. The van der Waals surface area contributed by atoms with Gasteiger partial charge in [-0.15, -0.1) is 0 Å². The van der Waals surface area contributed by atoms with E-state index < -0.39 is 0 Å². The zero-order chi connectivity index (χ0) is 13.8. The Hall–Kier alpha value is -0.620. The summed E-state index contributed by atoms with van der Waals surface area (Å²) in [5.41, 5.74) is 2.79. The van der Waals surface area contributed by atoms with Gasteiger partial charge in [-0.05, 0) is 17.7 Å². The molecule has 0 radical (unpaired) electrons. The zero-order valence-electron chi connectivity index (χ0n) is 11.8. The summed E-state index contributed by atoms with van der Waals surface area (Å²) in [6, 6.07) is 6.67. The Balaban J connectivity index is 1.77. The Morgan fingerprint density at radius 3 is 2.60 bits per heavy atom. The summed E-state index contributed by atoms with van der Waals surface area (Å²) < 4.78 is 6.62. The van der Waals surface area contributed by atoms with Crippen LogP contribution in [0.1, 0.15) is 5.56 Å². The minimum Gasteiger partial charge on any atom is -0.378 e. The van der Waals surface area contributed by atoms with E-state index in [2.05, 4.69) is 49.2 Å². The molecule has 2 aliphatic heterocycles. The first-order valence-electron chi connectivity index (χ1n) is 7.37. The molecule has 0 aliphatic carbocycles.